The minimum atomic E-state index is -0.250. The minimum Gasteiger partial charge on any atom is -0.486 e. The second-order valence-electron chi connectivity index (χ2n) is 5.85. The summed E-state index contributed by atoms with van der Waals surface area (Å²) in [5.41, 5.74) is 2.17. The van der Waals surface area contributed by atoms with Gasteiger partial charge in [-0.25, -0.2) is 0 Å². The summed E-state index contributed by atoms with van der Waals surface area (Å²) < 4.78 is 6.07. The molecule has 0 bridgehead atoms. The summed E-state index contributed by atoms with van der Waals surface area (Å²) in [5.74, 6) is 0.980. The van der Waals surface area contributed by atoms with E-state index in [4.69, 9.17) is 4.74 Å². The largest absolute Gasteiger partial charge is 0.486 e. The van der Waals surface area contributed by atoms with E-state index in [0.717, 1.165) is 5.75 Å². The van der Waals surface area contributed by atoms with Gasteiger partial charge in [-0.05, 0) is 38.5 Å². The molecule has 20 heavy (non-hydrogen) atoms. The quantitative estimate of drug-likeness (QED) is 0.922. The van der Waals surface area contributed by atoms with Gasteiger partial charge < -0.3 is 4.74 Å². The molecule has 104 valence electrons. The maximum absolute atomic E-state index is 6.07. The maximum Gasteiger partial charge on any atom is 0.125 e. The summed E-state index contributed by atoms with van der Waals surface area (Å²) in [6, 6.07) is 12.7. The van der Waals surface area contributed by atoms with Crippen LogP contribution in [-0.2, 0) is 0 Å². The molecule has 1 aliphatic rings. The first-order chi connectivity index (χ1) is 9.58. The molecule has 0 fully saturated rings. The van der Waals surface area contributed by atoms with Crippen LogP contribution in [0.25, 0.3) is 0 Å². The number of para-hydroxylation sites is 1. The molecule has 3 nitrogen and oxygen atoms in total. The monoisotopic (exact) mass is 268 g/mol. The number of ether oxygens (including phenoxy) is 1. The number of rotatable bonds is 3. The van der Waals surface area contributed by atoms with Crippen molar-refractivity contribution >= 4 is 0 Å². The van der Waals surface area contributed by atoms with Gasteiger partial charge in [-0.2, -0.15) is 0 Å². The molecule has 0 spiro atoms. The molecule has 0 amide bonds. The van der Waals surface area contributed by atoms with Crippen molar-refractivity contribution in [3.8, 4) is 5.75 Å². The number of pyridine rings is 1. The second-order valence-corrected chi connectivity index (χ2v) is 5.85. The first kappa shape index (κ1) is 13.1. The van der Waals surface area contributed by atoms with Crippen LogP contribution in [-0.4, -0.2) is 10.6 Å². The first-order valence-electron chi connectivity index (χ1n) is 7.02. The van der Waals surface area contributed by atoms with E-state index in [2.05, 4.69) is 49.3 Å². The Morgan fingerprint density at radius 3 is 2.75 bits per heavy atom. The second kappa shape index (κ2) is 4.91. The Kier molecular flexibility index (Phi) is 3.22. The van der Waals surface area contributed by atoms with Crippen LogP contribution in [0.4, 0.5) is 0 Å². The summed E-state index contributed by atoms with van der Waals surface area (Å²) >= 11 is 0. The van der Waals surface area contributed by atoms with Gasteiger partial charge in [0.2, 0.25) is 0 Å². The molecule has 2 aromatic rings. The van der Waals surface area contributed by atoms with Gasteiger partial charge >= 0.3 is 0 Å². The minimum absolute atomic E-state index is 0.175. The maximum atomic E-state index is 6.07. The fourth-order valence-electron chi connectivity index (χ4n) is 2.80. The number of nitrogens with one attached hydrogen (secondary N) is 1. The standard InChI is InChI=1S/C17H20N2O/c1-12(13-7-6-10-18-11-13)19-16-14-8-4-5-9-15(14)20-17(16,2)3/h4-12,16,19H,1-3H3/t12-,16?/m0/s1. The molecule has 1 unspecified atom stereocenters. The van der Waals surface area contributed by atoms with Gasteiger partial charge in [-0.15, -0.1) is 0 Å². The lowest BCUT2D eigenvalue weighted by Crippen LogP contribution is -2.40. The van der Waals surface area contributed by atoms with E-state index in [1.54, 1.807) is 6.20 Å². The van der Waals surface area contributed by atoms with Gasteiger partial charge in [0.25, 0.3) is 0 Å². The molecule has 2 heterocycles. The number of hydrogen-bond donors (Lipinski definition) is 1. The summed E-state index contributed by atoms with van der Waals surface area (Å²) in [6.45, 7) is 6.41. The highest BCUT2D eigenvalue weighted by Gasteiger charge is 2.41. The number of hydrogen-bond acceptors (Lipinski definition) is 3. The Bertz CT molecular complexity index is 595. The summed E-state index contributed by atoms with van der Waals surface area (Å²) in [6.07, 6.45) is 3.71. The van der Waals surface area contributed by atoms with Crippen LogP contribution in [0.1, 0.15) is 44.0 Å². The molecule has 0 radical (unpaired) electrons. The van der Waals surface area contributed by atoms with E-state index >= 15 is 0 Å². The van der Waals surface area contributed by atoms with Crippen LogP contribution >= 0.6 is 0 Å². The summed E-state index contributed by atoms with van der Waals surface area (Å²) in [7, 11) is 0. The van der Waals surface area contributed by atoms with Gasteiger partial charge in [0.1, 0.15) is 11.4 Å². The molecule has 1 aromatic carbocycles. The van der Waals surface area contributed by atoms with Gasteiger partial charge in [-0.1, -0.05) is 24.3 Å². The molecule has 1 aliphatic heterocycles. The van der Waals surface area contributed by atoms with Crippen LogP contribution in [0.2, 0.25) is 0 Å². The lowest BCUT2D eigenvalue weighted by atomic mass is 9.93. The van der Waals surface area contributed by atoms with Crippen molar-refractivity contribution < 1.29 is 4.74 Å². The molecule has 1 N–H and O–H groups in total. The molecule has 3 heteroatoms. The van der Waals surface area contributed by atoms with Crippen molar-refractivity contribution in [3.63, 3.8) is 0 Å². The molecule has 0 saturated heterocycles. The molecule has 0 saturated carbocycles. The Morgan fingerprint density at radius 2 is 2.00 bits per heavy atom. The van der Waals surface area contributed by atoms with Crippen molar-refractivity contribution in [1.29, 1.82) is 0 Å². The van der Waals surface area contributed by atoms with E-state index in [9.17, 15) is 0 Å². The van der Waals surface area contributed by atoms with Gasteiger partial charge in [0.05, 0.1) is 6.04 Å². The van der Waals surface area contributed by atoms with E-state index in [0.29, 0.717) is 0 Å². The van der Waals surface area contributed by atoms with E-state index in [1.165, 1.54) is 11.1 Å². The van der Waals surface area contributed by atoms with Crippen molar-refractivity contribution in [1.82, 2.24) is 10.3 Å². The van der Waals surface area contributed by atoms with E-state index in [-0.39, 0.29) is 17.7 Å². The Labute approximate surface area is 120 Å². The third kappa shape index (κ3) is 2.29. The average Bonchev–Trinajstić information content (AvgIpc) is 2.70. The summed E-state index contributed by atoms with van der Waals surface area (Å²) in [4.78, 5) is 4.19. The van der Waals surface area contributed by atoms with Crippen molar-refractivity contribution in [2.45, 2.75) is 38.5 Å². The highest BCUT2D eigenvalue weighted by Crippen LogP contribution is 2.43. The lowest BCUT2D eigenvalue weighted by Gasteiger charge is -2.30. The van der Waals surface area contributed by atoms with Gasteiger partial charge in [-0.3, -0.25) is 10.3 Å². The summed E-state index contributed by atoms with van der Waals surface area (Å²) in [5, 5.41) is 3.68. The normalized spacial score (nSPS) is 21.1. The van der Waals surface area contributed by atoms with Crippen molar-refractivity contribution in [2.75, 3.05) is 0 Å². The van der Waals surface area contributed by atoms with E-state index < -0.39 is 0 Å². The molecule has 3 rings (SSSR count). The molecular weight excluding hydrogens is 248 g/mol. The van der Waals surface area contributed by atoms with Crippen LogP contribution in [0.15, 0.2) is 48.8 Å². The fourth-order valence-corrected chi connectivity index (χ4v) is 2.80. The van der Waals surface area contributed by atoms with Crippen molar-refractivity contribution in [2.24, 2.45) is 0 Å². The Morgan fingerprint density at radius 1 is 1.20 bits per heavy atom. The smallest absolute Gasteiger partial charge is 0.125 e. The molecule has 2 atom stereocenters. The number of nitrogens with zero attached hydrogens (tertiary/aromatic N) is 1. The van der Waals surface area contributed by atoms with Gasteiger partial charge in [0, 0.05) is 24.0 Å². The third-order valence-corrected chi connectivity index (χ3v) is 3.90. The molecular formula is C17H20N2O. The van der Waals surface area contributed by atoms with Crippen LogP contribution < -0.4 is 10.1 Å². The zero-order valence-corrected chi connectivity index (χ0v) is 12.1. The SMILES string of the molecule is C[C@H](NC1c2ccccc2OC1(C)C)c1cccnc1. The fraction of sp³-hybridized carbons (Fsp3) is 0.353. The number of fused-ring (bicyclic) bond motifs is 1. The topological polar surface area (TPSA) is 34.1 Å². The van der Waals surface area contributed by atoms with Crippen molar-refractivity contribution in [3.05, 3.63) is 59.9 Å². The number of aromatic nitrogens is 1. The highest BCUT2D eigenvalue weighted by atomic mass is 16.5. The van der Waals surface area contributed by atoms with Gasteiger partial charge in [0.15, 0.2) is 0 Å². The Hall–Kier alpha value is -1.87. The molecule has 0 aliphatic carbocycles. The average molecular weight is 268 g/mol. The lowest BCUT2D eigenvalue weighted by molar-refractivity contribution is 0.0919. The zero-order valence-electron chi connectivity index (χ0n) is 12.1. The predicted molar refractivity (Wildman–Crippen MR) is 79.7 cm³/mol. The first-order valence-corrected chi connectivity index (χ1v) is 7.02. The third-order valence-electron chi connectivity index (χ3n) is 3.90. The highest BCUT2D eigenvalue weighted by molar-refractivity contribution is 5.42. The van der Waals surface area contributed by atoms with Crippen LogP contribution in [0.3, 0.4) is 0 Å². The molecule has 1 aromatic heterocycles. The van der Waals surface area contributed by atoms with Crippen LogP contribution in [0, 0.1) is 0 Å². The zero-order chi connectivity index (χ0) is 14.2. The predicted octanol–water partition coefficient (Wildman–Crippen LogP) is 3.64. The van der Waals surface area contributed by atoms with E-state index in [1.807, 2.05) is 24.4 Å². The Balaban J connectivity index is 1.86. The number of benzene rings is 1. The van der Waals surface area contributed by atoms with Crippen LogP contribution in [0.5, 0.6) is 5.75 Å².